The SMILES string of the molecule is CCOC(=O)CN(C(=O)CCc1ccccc1N)C1CC1. The monoisotopic (exact) mass is 290 g/mol. The molecular weight excluding hydrogens is 268 g/mol. The molecule has 1 aliphatic carbocycles. The van der Waals surface area contributed by atoms with Crippen LogP contribution in [0.15, 0.2) is 24.3 Å². The Labute approximate surface area is 125 Å². The number of anilines is 1. The van der Waals surface area contributed by atoms with E-state index in [9.17, 15) is 9.59 Å². The molecule has 1 aliphatic rings. The van der Waals surface area contributed by atoms with Crippen molar-refractivity contribution in [3.8, 4) is 0 Å². The van der Waals surface area contributed by atoms with Crippen LogP contribution in [0.4, 0.5) is 5.69 Å². The molecule has 0 saturated heterocycles. The van der Waals surface area contributed by atoms with Gasteiger partial charge in [-0.3, -0.25) is 9.59 Å². The number of rotatable bonds is 7. The van der Waals surface area contributed by atoms with Gasteiger partial charge >= 0.3 is 5.97 Å². The highest BCUT2D eigenvalue weighted by atomic mass is 16.5. The Kier molecular flexibility index (Phi) is 5.20. The third-order valence-electron chi connectivity index (χ3n) is 3.58. The lowest BCUT2D eigenvalue weighted by Crippen LogP contribution is -2.38. The van der Waals surface area contributed by atoms with E-state index in [0.29, 0.717) is 25.1 Å². The van der Waals surface area contributed by atoms with Gasteiger partial charge in [-0.05, 0) is 37.8 Å². The molecule has 5 heteroatoms. The number of aryl methyl sites for hydroxylation is 1. The molecule has 0 spiro atoms. The Morgan fingerprint density at radius 1 is 1.33 bits per heavy atom. The van der Waals surface area contributed by atoms with Crippen LogP contribution in [-0.2, 0) is 20.7 Å². The number of hydrogen-bond donors (Lipinski definition) is 1. The summed E-state index contributed by atoms with van der Waals surface area (Å²) in [5, 5.41) is 0. The summed E-state index contributed by atoms with van der Waals surface area (Å²) in [5.41, 5.74) is 7.55. The maximum atomic E-state index is 12.3. The standard InChI is InChI=1S/C16H22N2O3/c1-2-21-16(20)11-18(13-8-9-13)15(19)10-7-12-5-3-4-6-14(12)17/h3-6,13H,2,7-11,17H2,1H3. The second-order valence-corrected chi connectivity index (χ2v) is 5.26. The zero-order chi connectivity index (χ0) is 15.2. The van der Waals surface area contributed by atoms with Crippen molar-refractivity contribution in [3.05, 3.63) is 29.8 Å². The number of carbonyl (C=O) groups is 2. The zero-order valence-electron chi connectivity index (χ0n) is 12.4. The van der Waals surface area contributed by atoms with E-state index < -0.39 is 0 Å². The first kappa shape index (κ1) is 15.4. The number of hydrogen-bond acceptors (Lipinski definition) is 4. The second kappa shape index (κ2) is 7.11. The van der Waals surface area contributed by atoms with Gasteiger partial charge in [-0.25, -0.2) is 0 Å². The van der Waals surface area contributed by atoms with Gasteiger partial charge in [0, 0.05) is 18.2 Å². The minimum Gasteiger partial charge on any atom is -0.465 e. The molecule has 2 rings (SSSR count). The number of para-hydroxylation sites is 1. The molecule has 0 aliphatic heterocycles. The number of carbonyl (C=O) groups excluding carboxylic acids is 2. The van der Waals surface area contributed by atoms with Gasteiger partial charge in [-0.1, -0.05) is 18.2 Å². The topological polar surface area (TPSA) is 72.6 Å². The van der Waals surface area contributed by atoms with E-state index in [-0.39, 0.29) is 24.5 Å². The number of nitrogen functional groups attached to an aromatic ring is 1. The van der Waals surface area contributed by atoms with Crippen LogP contribution in [0.3, 0.4) is 0 Å². The number of nitrogens with two attached hydrogens (primary N) is 1. The van der Waals surface area contributed by atoms with Crippen molar-refractivity contribution in [2.75, 3.05) is 18.9 Å². The van der Waals surface area contributed by atoms with Crippen molar-refractivity contribution in [3.63, 3.8) is 0 Å². The lowest BCUT2D eigenvalue weighted by atomic mass is 10.1. The van der Waals surface area contributed by atoms with Crippen molar-refractivity contribution >= 4 is 17.6 Å². The summed E-state index contributed by atoms with van der Waals surface area (Å²) < 4.78 is 4.93. The van der Waals surface area contributed by atoms with Gasteiger partial charge in [0.05, 0.1) is 6.61 Å². The number of ether oxygens (including phenoxy) is 1. The predicted octanol–water partition coefficient (Wildman–Crippen LogP) is 1.76. The molecule has 1 amide bonds. The summed E-state index contributed by atoms with van der Waals surface area (Å²) in [7, 11) is 0. The Hall–Kier alpha value is -2.04. The van der Waals surface area contributed by atoms with Crippen molar-refractivity contribution in [2.45, 2.75) is 38.6 Å². The first-order valence-electron chi connectivity index (χ1n) is 7.40. The molecule has 0 bridgehead atoms. The lowest BCUT2D eigenvalue weighted by molar-refractivity contribution is -0.149. The summed E-state index contributed by atoms with van der Waals surface area (Å²) in [6.45, 7) is 2.16. The Bertz CT molecular complexity index is 512. The molecule has 2 N–H and O–H groups in total. The fourth-order valence-electron chi connectivity index (χ4n) is 2.30. The molecule has 5 nitrogen and oxygen atoms in total. The number of amides is 1. The summed E-state index contributed by atoms with van der Waals surface area (Å²) >= 11 is 0. The highest BCUT2D eigenvalue weighted by molar-refractivity contribution is 5.83. The molecule has 1 aromatic carbocycles. The number of benzene rings is 1. The summed E-state index contributed by atoms with van der Waals surface area (Å²) in [6.07, 6.45) is 2.90. The molecule has 0 radical (unpaired) electrons. The highest BCUT2D eigenvalue weighted by Crippen LogP contribution is 2.27. The predicted molar refractivity (Wildman–Crippen MR) is 80.5 cm³/mol. The van der Waals surface area contributed by atoms with Crippen LogP contribution < -0.4 is 5.73 Å². The average molecular weight is 290 g/mol. The van der Waals surface area contributed by atoms with E-state index >= 15 is 0 Å². The number of nitrogens with zero attached hydrogens (tertiary/aromatic N) is 1. The average Bonchev–Trinajstić information content (AvgIpc) is 3.28. The van der Waals surface area contributed by atoms with E-state index in [2.05, 4.69) is 0 Å². The fraction of sp³-hybridized carbons (Fsp3) is 0.500. The molecule has 1 saturated carbocycles. The van der Waals surface area contributed by atoms with Crippen LogP contribution in [0.1, 0.15) is 31.7 Å². The Balaban J connectivity index is 1.90. The van der Waals surface area contributed by atoms with Crippen LogP contribution in [-0.4, -0.2) is 36.0 Å². The van der Waals surface area contributed by atoms with E-state index in [0.717, 1.165) is 18.4 Å². The van der Waals surface area contributed by atoms with Gasteiger partial charge in [0.25, 0.3) is 0 Å². The maximum absolute atomic E-state index is 12.3. The highest BCUT2D eigenvalue weighted by Gasteiger charge is 2.33. The van der Waals surface area contributed by atoms with E-state index in [1.165, 1.54) is 0 Å². The quantitative estimate of drug-likeness (QED) is 0.613. The molecule has 0 atom stereocenters. The molecule has 1 aromatic rings. The van der Waals surface area contributed by atoms with Crippen molar-refractivity contribution in [1.82, 2.24) is 4.90 Å². The first-order valence-corrected chi connectivity index (χ1v) is 7.40. The van der Waals surface area contributed by atoms with Gasteiger partial charge in [0.1, 0.15) is 6.54 Å². The summed E-state index contributed by atoms with van der Waals surface area (Å²) in [5.74, 6) is -0.342. The molecular formula is C16H22N2O3. The zero-order valence-corrected chi connectivity index (χ0v) is 12.4. The van der Waals surface area contributed by atoms with Crippen LogP contribution in [0.25, 0.3) is 0 Å². The molecule has 114 valence electrons. The molecule has 0 heterocycles. The summed E-state index contributed by atoms with van der Waals surface area (Å²) in [4.78, 5) is 25.6. The van der Waals surface area contributed by atoms with Crippen LogP contribution in [0.5, 0.6) is 0 Å². The van der Waals surface area contributed by atoms with Crippen LogP contribution in [0.2, 0.25) is 0 Å². The van der Waals surface area contributed by atoms with Crippen molar-refractivity contribution in [1.29, 1.82) is 0 Å². The minimum atomic E-state index is -0.336. The van der Waals surface area contributed by atoms with Gasteiger partial charge in [-0.2, -0.15) is 0 Å². The van der Waals surface area contributed by atoms with Gasteiger partial charge in [-0.15, -0.1) is 0 Å². The summed E-state index contributed by atoms with van der Waals surface area (Å²) in [6, 6.07) is 7.74. The van der Waals surface area contributed by atoms with Crippen molar-refractivity contribution in [2.24, 2.45) is 0 Å². The minimum absolute atomic E-state index is 0.00574. The number of esters is 1. The second-order valence-electron chi connectivity index (χ2n) is 5.26. The van der Waals surface area contributed by atoms with Gasteiger partial charge in [0.15, 0.2) is 0 Å². The third-order valence-corrected chi connectivity index (χ3v) is 3.58. The van der Waals surface area contributed by atoms with Crippen molar-refractivity contribution < 1.29 is 14.3 Å². The first-order chi connectivity index (χ1) is 10.1. The smallest absolute Gasteiger partial charge is 0.325 e. The molecule has 1 fully saturated rings. The maximum Gasteiger partial charge on any atom is 0.325 e. The largest absolute Gasteiger partial charge is 0.465 e. The van der Waals surface area contributed by atoms with Crippen LogP contribution in [0, 0.1) is 0 Å². The van der Waals surface area contributed by atoms with Gasteiger partial charge < -0.3 is 15.4 Å². The molecule has 21 heavy (non-hydrogen) atoms. The molecule has 0 aromatic heterocycles. The lowest BCUT2D eigenvalue weighted by Gasteiger charge is -2.21. The van der Waals surface area contributed by atoms with Crippen LogP contribution >= 0.6 is 0 Å². The van der Waals surface area contributed by atoms with E-state index in [1.54, 1.807) is 11.8 Å². The van der Waals surface area contributed by atoms with E-state index in [1.807, 2.05) is 24.3 Å². The Morgan fingerprint density at radius 3 is 2.67 bits per heavy atom. The Morgan fingerprint density at radius 2 is 2.05 bits per heavy atom. The molecule has 0 unspecified atom stereocenters. The van der Waals surface area contributed by atoms with E-state index in [4.69, 9.17) is 10.5 Å². The van der Waals surface area contributed by atoms with Gasteiger partial charge in [0.2, 0.25) is 5.91 Å². The third kappa shape index (κ3) is 4.48. The normalized spacial score (nSPS) is 13.8. The fourth-order valence-corrected chi connectivity index (χ4v) is 2.30.